The smallest absolute Gasteiger partial charge is 0.105 e. The third-order valence-electron chi connectivity index (χ3n) is 2.80. The Hall–Kier alpha value is -0.600. The van der Waals surface area contributed by atoms with Crippen LogP contribution in [0.2, 0.25) is 0 Å². The van der Waals surface area contributed by atoms with Crippen molar-refractivity contribution in [2.45, 2.75) is 25.6 Å². The van der Waals surface area contributed by atoms with Gasteiger partial charge in [-0.3, -0.25) is 0 Å². The van der Waals surface area contributed by atoms with Crippen molar-refractivity contribution in [1.29, 1.82) is 0 Å². The zero-order valence-electron chi connectivity index (χ0n) is 7.14. The molecule has 0 amide bonds. The molecular formula is C10H14O2. The maximum Gasteiger partial charge on any atom is 0.105 e. The Balaban J connectivity index is 2.13. The highest BCUT2D eigenvalue weighted by atomic mass is 16.3. The molecule has 2 nitrogen and oxygen atoms in total. The molecule has 0 aliphatic heterocycles. The van der Waals surface area contributed by atoms with Gasteiger partial charge in [0.15, 0.2) is 0 Å². The molecule has 0 aromatic heterocycles. The minimum atomic E-state index is -0.696. The normalized spacial score (nSPS) is 45.8. The molecule has 2 N–H and O–H groups in total. The summed E-state index contributed by atoms with van der Waals surface area (Å²) < 4.78 is 0. The summed E-state index contributed by atoms with van der Waals surface area (Å²) >= 11 is 0. The second-order valence-corrected chi connectivity index (χ2v) is 3.81. The average molecular weight is 166 g/mol. The number of hydrogen-bond acceptors (Lipinski definition) is 2. The molecule has 0 bridgehead atoms. The van der Waals surface area contributed by atoms with E-state index in [1.165, 1.54) is 0 Å². The summed E-state index contributed by atoms with van der Waals surface area (Å²) in [6.45, 7) is 2.17. The zero-order valence-corrected chi connectivity index (χ0v) is 7.14. The fourth-order valence-corrected chi connectivity index (χ4v) is 1.81. The third-order valence-corrected chi connectivity index (χ3v) is 2.80. The van der Waals surface area contributed by atoms with Gasteiger partial charge in [0.05, 0.1) is 0 Å². The van der Waals surface area contributed by atoms with Crippen molar-refractivity contribution in [3.05, 3.63) is 23.8 Å². The number of aliphatic hydroxyl groups excluding tert-OH is 2. The Kier molecular flexibility index (Phi) is 1.81. The van der Waals surface area contributed by atoms with Gasteiger partial charge < -0.3 is 10.2 Å². The quantitative estimate of drug-likeness (QED) is 0.606. The lowest BCUT2D eigenvalue weighted by Gasteiger charge is -2.21. The lowest BCUT2D eigenvalue weighted by molar-refractivity contribution is 0.0676. The molecule has 0 radical (unpaired) electrons. The van der Waals surface area contributed by atoms with E-state index in [1.54, 1.807) is 6.08 Å². The number of rotatable bonds is 1. The molecule has 12 heavy (non-hydrogen) atoms. The summed E-state index contributed by atoms with van der Waals surface area (Å²) in [5, 5.41) is 18.9. The van der Waals surface area contributed by atoms with Gasteiger partial charge in [-0.25, -0.2) is 0 Å². The first kappa shape index (κ1) is 8.02. The van der Waals surface area contributed by atoms with Crippen LogP contribution in [0, 0.1) is 11.8 Å². The summed E-state index contributed by atoms with van der Waals surface area (Å²) in [7, 11) is 0. The Morgan fingerprint density at radius 2 is 2.08 bits per heavy atom. The lowest BCUT2D eigenvalue weighted by Crippen LogP contribution is -2.28. The van der Waals surface area contributed by atoms with Gasteiger partial charge in [-0.1, -0.05) is 25.2 Å². The van der Waals surface area contributed by atoms with E-state index >= 15 is 0 Å². The summed E-state index contributed by atoms with van der Waals surface area (Å²) in [6, 6.07) is 0. The third kappa shape index (κ3) is 1.21. The molecule has 0 aromatic carbocycles. The highest BCUT2D eigenvalue weighted by Gasteiger charge is 2.40. The van der Waals surface area contributed by atoms with Crippen molar-refractivity contribution < 1.29 is 10.2 Å². The Morgan fingerprint density at radius 3 is 2.67 bits per heavy atom. The predicted molar refractivity (Wildman–Crippen MR) is 46.5 cm³/mol. The standard InChI is InChI=1S/C10H14O2/c1-6-5-8(6)7-3-2-4-9(11)10(7)12/h2-4,6,8-12H,5H2,1H3/t6-,8-,9+,10-/m1/s1. The van der Waals surface area contributed by atoms with E-state index in [4.69, 9.17) is 0 Å². The summed E-state index contributed by atoms with van der Waals surface area (Å²) in [4.78, 5) is 0. The molecule has 2 rings (SSSR count). The summed E-state index contributed by atoms with van der Waals surface area (Å²) in [5.41, 5.74) is 1.01. The van der Waals surface area contributed by atoms with E-state index in [0.29, 0.717) is 11.8 Å². The van der Waals surface area contributed by atoms with E-state index in [1.807, 2.05) is 12.2 Å². The Bertz CT molecular complexity index is 242. The van der Waals surface area contributed by atoms with Crippen molar-refractivity contribution in [2.24, 2.45) is 11.8 Å². The largest absolute Gasteiger partial charge is 0.386 e. The highest BCUT2D eigenvalue weighted by Crippen LogP contribution is 2.45. The Morgan fingerprint density at radius 1 is 1.42 bits per heavy atom. The average Bonchev–Trinajstić information content (AvgIpc) is 2.73. The van der Waals surface area contributed by atoms with E-state index in [-0.39, 0.29) is 0 Å². The van der Waals surface area contributed by atoms with Gasteiger partial charge >= 0.3 is 0 Å². The van der Waals surface area contributed by atoms with E-state index in [0.717, 1.165) is 12.0 Å². The Labute approximate surface area is 72.2 Å². The molecular weight excluding hydrogens is 152 g/mol. The van der Waals surface area contributed by atoms with Gasteiger partial charge in [0, 0.05) is 0 Å². The first-order chi connectivity index (χ1) is 5.70. The van der Waals surface area contributed by atoms with E-state index in [9.17, 15) is 10.2 Å². The van der Waals surface area contributed by atoms with Gasteiger partial charge in [-0.05, 0) is 23.8 Å². The van der Waals surface area contributed by atoms with Gasteiger partial charge in [0.1, 0.15) is 12.2 Å². The minimum Gasteiger partial charge on any atom is -0.386 e. The van der Waals surface area contributed by atoms with Crippen LogP contribution in [0.4, 0.5) is 0 Å². The molecule has 2 aliphatic carbocycles. The molecule has 0 unspecified atom stereocenters. The first-order valence-corrected chi connectivity index (χ1v) is 4.44. The maximum atomic E-state index is 9.60. The SMILES string of the molecule is C[C@@H]1C[C@H]1C1=CC=C[C@H](O)[C@@H]1O. The molecule has 66 valence electrons. The van der Waals surface area contributed by atoms with Crippen molar-refractivity contribution in [3.63, 3.8) is 0 Å². The number of allylic oxidation sites excluding steroid dienone is 2. The van der Waals surface area contributed by atoms with Crippen LogP contribution in [0.3, 0.4) is 0 Å². The monoisotopic (exact) mass is 166 g/mol. The molecule has 2 heteroatoms. The molecule has 2 aliphatic rings. The van der Waals surface area contributed by atoms with Gasteiger partial charge in [-0.2, -0.15) is 0 Å². The van der Waals surface area contributed by atoms with Gasteiger partial charge in [-0.15, -0.1) is 0 Å². The lowest BCUT2D eigenvalue weighted by atomic mass is 9.95. The van der Waals surface area contributed by atoms with Crippen LogP contribution in [-0.4, -0.2) is 22.4 Å². The van der Waals surface area contributed by atoms with Crippen LogP contribution in [0.25, 0.3) is 0 Å². The first-order valence-electron chi connectivity index (χ1n) is 4.44. The second kappa shape index (κ2) is 2.71. The number of aliphatic hydroxyl groups is 2. The topological polar surface area (TPSA) is 40.5 Å². The van der Waals surface area contributed by atoms with Crippen molar-refractivity contribution in [1.82, 2.24) is 0 Å². The second-order valence-electron chi connectivity index (χ2n) is 3.81. The van der Waals surface area contributed by atoms with Crippen molar-refractivity contribution in [3.8, 4) is 0 Å². The van der Waals surface area contributed by atoms with Crippen LogP contribution in [0.15, 0.2) is 23.8 Å². The van der Waals surface area contributed by atoms with E-state index < -0.39 is 12.2 Å². The van der Waals surface area contributed by atoms with Crippen LogP contribution >= 0.6 is 0 Å². The van der Waals surface area contributed by atoms with E-state index in [2.05, 4.69) is 6.92 Å². The predicted octanol–water partition coefficient (Wildman–Crippen LogP) is 0.860. The van der Waals surface area contributed by atoms with Gasteiger partial charge in [0.2, 0.25) is 0 Å². The fraction of sp³-hybridized carbons (Fsp3) is 0.600. The molecule has 1 fully saturated rings. The van der Waals surface area contributed by atoms with Crippen LogP contribution in [0.1, 0.15) is 13.3 Å². The number of hydrogen-bond donors (Lipinski definition) is 2. The molecule has 1 saturated carbocycles. The van der Waals surface area contributed by atoms with Crippen LogP contribution < -0.4 is 0 Å². The molecule has 0 saturated heterocycles. The van der Waals surface area contributed by atoms with Gasteiger partial charge in [0.25, 0.3) is 0 Å². The maximum absolute atomic E-state index is 9.60. The van der Waals surface area contributed by atoms with Crippen molar-refractivity contribution >= 4 is 0 Å². The zero-order chi connectivity index (χ0) is 8.72. The van der Waals surface area contributed by atoms with Crippen molar-refractivity contribution in [2.75, 3.05) is 0 Å². The highest BCUT2D eigenvalue weighted by molar-refractivity contribution is 5.30. The molecule has 0 spiro atoms. The summed E-state index contributed by atoms with van der Waals surface area (Å²) in [5.74, 6) is 1.20. The summed E-state index contributed by atoms with van der Waals surface area (Å²) in [6.07, 6.45) is 5.19. The molecule has 0 heterocycles. The fourth-order valence-electron chi connectivity index (χ4n) is 1.81. The van der Waals surface area contributed by atoms with Crippen LogP contribution in [0.5, 0.6) is 0 Å². The van der Waals surface area contributed by atoms with Crippen LogP contribution in [-0.2, 0) is 0 Å². The molecule has 0 aromatic rings. The minimum absolute atomic E-state index is 0.514. The molecule has 4 atom stereocenters.